The van der Waals surface area contributed by atoms with Crippen LogP contribution >= 0.6 is 24.0 Å². The zero-order chi connectivity index (χ0) is 17.4. The molecule has 0 spiro atoms. The smallest absolute Gasteiger partial charge is 0.191 e. The van der Waals surface area contributed by atoms with E-state index in [1.807, 2.05) is 7.05 Å². The van der Waals surface area contributed by atoms with Gasteiger partial charge in [-0.25, -0.2) is 0 Å². The maximum absolute atomic E-state index is 4.41. The Morgan fingerprint density at radius 1 is 1.04 bits per heavy atom. The Balaban J connectivity index is 0.00000312. The molecule has 0 bridgehead atoms. The van der Waals surface area contributed by atoms with E-state index in [0.29, 0.717) is 11.5 Å². The lowest BCUT2D eigenvalue weighted by molar-refractivity contribution is 0.119. The highest BCUT2D eigenvalue weighted by Crippen LogP contribution is 2.25. The molecule has 0 aromatic rings. The number of hydrogen-bond donors (Lipinski definition) is 2. The average molecular weight is 464 g/mol. The fraction of sp³-hybridized carbons (Fsp3) is 0.950. The van der Waals surface area contributed by atoms with E-state index < -0.39 is 0 Å². The monoisotopic (exact) mass is 464 g/mol. The van der Waals surface area contributed by atoms with E-state index in [1.54, 1.807) is 0 Å². The van der Waals surface area contributed by atoms with Crippen LogP contribution in [0.2, 0.25) is 0 Å². The minimum Gasteiger partial charge on any atom is -0.356 e. The van der Waals surface area contributed by atoms with Crippen molar-refractivity contribution < 1.29 is 0 Å². The van der Waals surface area contributed by atoms with Crippen molar-refractivity contribution in [1.29, 1.82) is 0 Å². The Hall–Kier alpha value is -0.0400. The molecule has 148 valence electrons. The van der Waals surface area contributed by atoms with Crippen molar-refractivity contribution in [3.05, 3.63) is 0 Å². The molecule has 5 heteroatoms. The predicted molar refractivity (Wildman–Crippen MR) is 120 cm³/mol. The van der Waals surface area contributed by atoms with Crippen LogP contribution in [0.5, 0.6) is 0 Å². The van der Waals surface area contributed by atoms with E-state index >= 15 is 0 Å². The van der Waals surface area contributed by atoms with Gasteiger partial charge in [-0.3, -0.25) is 4.99 Å². The van der Waals surface area contributed by atoms with Crippen LogP contribution in [0.25, 0.3) is 0 Å². The number of hydrogen-bond acceptors (Lipinski definition) is 2. The third kappa shape index (κ3) is 8.94. The van der Waals surface area contributed by atoms with E-state index in [9.17, 15) is 0 Å². The Morgan fingerprint density at radius 3 is 2.24 bits per heavy atom. The molecule has 1 saturated heterocycles. The first-order chi connectivity index (χ1) is 11.5. The molecule has 1 heterocycles. The van der Waals surface area contributed by atoms with Crippen molar-refractivity contribution in [2.24, 2.45) is 10.4 Å². The SMILES string of the molecule is CN=C(NCCCC(C)(C)C)NC1CCN(C2CCCCC2)CC1.I. The first-order valence-corrected chi connectivity index (χ1v) is 10.2. The average Bonchev–Trinajstić information content (AvgIpc) is 2.58. The van der Waals surface area contributed by atoms with Gasteiger partial charge < -0.3 is 15.5 Å². The Bertz CT molecular complexity index is 378. The van der Waals surface area contributed by atoms with Gasteiger partial charge in [0.2, 0.25) is 0 Å². The van der Waals surface area contributed by atoms with Crippen LogP contribution in [0.3, 0.4) is 0 Å². The molecule has 0 aromatic heterocycles. The molecule has 1 aliphatic carbocycles. The molecule has 2 aliphatic rings. The maximum atomic E-state index is 4.41. The van der Waals surface area contributed by atoms with Crippen LogP contribution in [-0.4, -0.2) is 49.6 Å². The fourth-order valence-corrected chi connectivity index (χ4v) is 4.07. The van der Waals surface area contributed by atoms with Gasteiger partial charge in [-0.1, -0.05) is 40.0 Å². The van der Waals surface area contributed by atoms with Crippen LogP contribution < -0.4 is 10.6 Å². The number of halogens is 1. The van der Waals surface area contributed by atoms with E-state index in [-0.39, 0.29) is 24.0 Å². The summed E-state index contributed by atoms with van der Waals surface area (Å²) in [6, 6.07) is 1.45. The number of piperidine rings is 1. The molecular formula is C20H41IN4. The second-order valence-electron chi connectivity index (χ2n) is 8.91. The second kappa shape index (κ2) is 11.6. The molecule has 0 radical (unpaired) electrons. The molecule has 0 aromatic carbocycles. The summed E-state index contributed by atoms with van der Waals surface area (Å²) in [7, 11) is 1.89. The molecular weight excluding hydrogens is 423 g/mol. The summed E-state index contributed by atoms with van der Waals surface area (Å²) in [6.07, 6.45) is 12.1. The van der Waals surface area contributed by atoms with Crippen LogP contribution in [0.4, 0.5) is 0 Å². The van der Waals surface area contributed by atoms with Crippen molar-refractivity contribution in [2.45, 2.75) is 90.6 Å². The van der Waals surface area contributed by atoms with E-state index in [4.69, 9.17) is 0 Å². The predicted octanol–water partition coefficient (Wildman–Crippen LogP) is 4.39. The van der Waals surface area contributed by atoms with Gasteiger partial charge in [-0.15, -0.1) is 24.0 Å². The van der Waals surface area contributed by atoms with Gasteiger partial charge in [0.1, 0.15) is 0 Å². The van der Waals surface area contributed by atoms with Gasteiger partial charge in [-0.2, -0.15) is 0 Å². The lowest BCUT2D eigenvalue weighted by Crippen LogP contribution is -2.51. The van der Waals surface area contributed by atoms with Gasteiger partial charge >= 0.3 is 0 Å². The van der Waals surface area contributed by atoms with Crippen molar-refractivity contribution in [3.63, 3.8) is 0 Å². The first kappa shape index (κ1) is 23.0. The van der Waals surface area contributed by atoms with Gasteiger partial charge in [-0.05, 0) is 43.9 Å². The third-order valence-electron chi connectivity index (χ3n) is 5.58. The number of guanidine groups is 1. The van der Waals surface area contributed by atoms with Crippen LogP contribution in [-0.2, 0) is 0 Å². The van der Waals surface area contributed by atoms with E-state index in [1.165, 1.54) is 70.9 Å². The Labute approximate surface area is 173 Å². The summed E-state index contributed by atoms with van der Waals surface area (Å²) in [5.41, 5.74) is 0.421. The highest BCUT2D eigenvalue weighted by molar-refractivity contribution is 14.0. The summed E-state index contributed by atoms with van der Waals surface area (Å²) in [6.45, 7) is 10.4. The summed E-state index contributed by atoms with van der Waals surface area (Å²) in [4.78, 5) is 7.15. The Kier molecular flexibility index (Phi) is 10.7. The molecule has 2 fully saturated rings. The first-order valence-electron chi connectivity index (χ1n) is 10.2. The summed E-state index contributed by atoms with van der Waals surface area (Å²) >= 11 is 0. The highest BCUT2D eigenvalue weighted by Gasteiger charge is 2.26. The molecule has 4 nitrogen and oxygen atoms in total. The second-order valence-corrected chi connectivity index (χ2v) is 8.91. The number of aliphatic imine (C=N–C) groups is 1. The van der Waals surface area contributed by atoms with Crippen molar-refractivity contribution >= 4 is 29.9 Å². The van der Waals surface area contributed by atoms with Crippen molar-refractivity contribution in [1.82, 2.24) is 15.5 Å². The zero-order valence-corrected chi connectivity index (χ0v) is 19.3. The lowest BCUT2D eigenvalue weighted by atomic mass is 9.91. The maximum Gasteiger partial charge on any atom is 0.191 e. The number of likely N-dealkylation sites (tertiary alicyclic amines) is 1. The zero-order valence-electron chi connectivity index (χ0n) is 16.9. The van der Waals surface area contributed by atoms with Gasteiger partial charge in [0.15, 0.2) is 5.96 Å². The molecule has 2 rings (SSSR count). The molecule has 25 heavy (non-hydrogen) atoms. The van der Waals surface area contributed by atoms with E-state index in [0.717, 1.165) is 18.5 Å². The molecule has 2 N–H and O–H groups in total. The minimum atomic E-state index is 0. The Morgan fingerprint density at radius 2 is 1.68 bits per heavy atom. The van der Waals surface area contributed by atoms with Crippen LogP contribution in [0.15, 0.2) is 4.99 Å². The lowest BCUT2D eigenvalue weighted by Gasteiger charge is -2.39. The highest BCUT2D eigenvalue weighted by atomic mass is 127. The standard InChI is InChI=1S/C20H40N4.HI/c1-20(2,3)13-8-14-22-19(21-4)23-17-11-15-24(16-12-17)18-9-6-5-7-10-18;/h17-18H,5-16H2,1-4H3,(H2,21,22,23);1H. The fourth-order valence-electron chi connectivity index (χ4n) is 4.07. The topological polar surface area (TPSA) is 39.7 Å². The van der Waals surface area contributed by atoms with Gasteiger partial charge in [0.25, 0.3) is 0 Å². The largest absolute Gasteiger partial charge is 0.356 e. The number of rotatable bonds is 5. The molecule has 0 unspecified atom stereocenters. The summed E-state index contributed by atoms with van der Waals surface area (Å²) < 4.78 is 0. The number of nitrogens with one attached hydrogen (secondary N) is 2. The third-order valence-corrected chi connectivity index (χ3v) is 5.58. The van der Waals surface area contributed by atoms with Crippen LogP contribution in [0, 0.1) is 5.41 Å². The molecule has 0 atom stereocenters. The number of nitrogens with zero attached hydrogens (tertiary/aromatic N) is 2. The van der Waals surface area contributed by atoms with Crippen LogP contribution in [0.1, 0.15) is 78.6 Å². The molecule has 1 saturated carbocycles. The molecule has 1 aliphatic heterocycles. The van der Waals surface area contributed by atoms with E-state index in [2.05, 4.69) is 41.3 Å². The quantitative estimate of drug-likeness (QED) is 0.274. The normalized spacial score (nSPS) is 21.7. The van der Waals surface area contributed by atoms with Crippen molar-refractivity contribution in [3.8, 4) is 0 Å². The van der Waals surface area contributed by atoms with Crippen molar-refractivity contribution in [2.75, 3.05) is 26.7 Å². The summed E-state index contributed by atoms with van der Waals surface area (Å²) in [5, 5.41) is 7.13. The minimum absolute atomic E-state index is 0. The van der Waals surface area contributed by atoms with Gasteiger partial charge in [0, 0.05) is 38.8 Å². The molecule has 0 amide bonds. The summed E-state index contributed by atoms with van der Waals surface area (Å²) in [5.74, 6) is 0.986. The van der Waals surface area contributed by atoms with Gasteiger partial charge in [0.05, 0.1) is 0 Å².